The Morgan fingerprint density at radius 1 is 1.00 bits per heavy atom. The summed E-state index contributed by atoms with van der Waals surface area (Å²) in [7, 11) is -5.12. The molecule has 0 saturated heterocycles. The van der Waals surface area contributed by atoms with E-state index in [0.717, 1.165) is 19.3 Å². The number of hydrogen-bond donors (Lipinski definition) is 0. The first-order chi connectivity index (χ1) is 9.79. The highest BCUT2D eigenvalue weighted by molar-refractivity contribution is 7.94. The van der Waals surface area contributed by atoms with Crippen molar-refractivity contribution < 1.29 is 8.42 Å². The maximum Gasteiger partial charge on any atom is 0.181 e. The van der Waals surface area contributed by atoms with Gasteiger partial charge in [-0.15, -0.1) is 0 Å². The van der Waals surface area contributed by atoms with E-state index in [1.165, 1.54) is 12.8 Å². The molecule has 1 aromatic rings. The van der Waals surface area contributed by atoms with Crippen LogP contribution in [0.4, 0.5) is 0 Å². The minimum atomic E-state index is -3.25. The van der Waals surface area contributed by atoms with Gasteiger partial charge in [-0.2, -0.15) is 0 Å². The second-order valence-electron chi connectivity index (χ2n) is 7.88. The molecule has 1 unspecified atom stereocenters. The summed E-state index contributed by atoms with van der Waals surface area (Å²) < 4.78 is 26.7. The van der Waals surface area contributed by atoms with E-state index in [4.69, 9.17) is 0 Å². The number of hydrogen-bond acceptors (Lipinski definition) is 2. The van der Waals surface area contributed by atoms with Gasteiger partial charge in [0, 0.05) is 0 Å². The summed E-state index contributed by atoms with van der Waals surface area (Å²) >= 11 is 0. The highest BCUT2D eigenvalue weighted by Gasteiger charge is 2.62. The third kappa shape index (κ3) is 2.14. The van der Waals surface area contributed by atoms with Crippen molar-refractivity contribution in [2.45, 2.75) is 61.0 Å². The molecule has 0 N–H and O–H groups in total. The molecule has 3 fully saturated rings. The van der Waals surface area contributed by atoms with Crippen LogP contribution in [0.1, 0.15) is 32.1 Å². The van der Waals surface area contributed by atoms with Crippen LogP contribution in [0.25, 0.3) is 0 Å². The molecule has 4 heteroatoms. The maximum atomic E-state index is 13.6. The Bertz CT molecular complexity index is 610. The van der Waals surface area contributed by atoms with Crippen molar-refractivity contribution in [3.63, 3.8) is 0 Å². The molecule has 4 rings (SSSR count). The molecule has 3 aliphatic carbocycles. The predicted molar refractivity (Wildman–Crippen MR) is 89.8 cm³/mol. The molecule has 0 aromatic heterocycles. The van der Waals surface area contributed by atoms with Gasteiger partial charge in [0.25, 0.3) is 0 Å². The third-order valence-corrected chi connectivity index (χ3v) is 14.0. The lowest BCUT2D eigenvalue weighted by Crippen LogP contribution is -2.66. The van der Waals surface area contributed by atoms with E-state index in [0.29, 0.717) is 16.7 Å². The van der Waals surface area contributed by atoms with E-state index >= 15 is 0 Å². The summed E-state index contributed by atoms with van der Waals surface area (Å²) in [4.78, 5) is 0.542. The second-order valence-corrected chi connectivity index (χ2v) is 15.8. The van der Waals surface area contributed by atoms with Gasteiger partial charge in [0.2, 0.25) is 0 Å². The van der Waals surface area contributed by atoms with Crippen LogP contribution in [0.15, 0.2) is 35.2 Å². The molecule has 0 amide bonds. The summed E-state index contributed by atoms with van der Waals surface area (Å²) in [5.74, 6) is 1.000. The fraction of sp³-hybridized carbons (Fsp3) is 0.647. The maximum absolute atomic E-state index is 13.6. The fourth-order valence-corrected chi connectivity index (χ4v) is 12.9. The average molecular weight is 323 g/mol. The van der Waals surface area contributed by atoms with Crippen molar-refractivity contribution in [1.29, 1.82) is 0 Å². The molecule has 3 saturated carbocycles. The van der Waals surface area contributed by atoms with E-state index in [1.54, 1.807) is 12.1 Å². The van der Waals surface area contributed by atoms with E-state index < -0.39 is 22.3 Å². The van der Waals surface area contributed by atoms with E-state index in [1.807, 2.05) is 18.2 Å². The summed E-state index contributed by atoms with van der Waals surface area (Å²) in [5, 5.41) is 0. The Morgan fingerprint density at radius 3 is 2.00 bits per heavy atom. The van der Waals surface area contributed by atoms with Gasteiger partial charge in [0.1, 0.15) is 0 Å². The van der Waals surface area contributed by atoms with Gasteiger partial charge in [0.05, 0.1) is 17.3 Å². The molecule has 0 heterocycles. The first-order valence-corrected chi connectivity index (χ1v) is 13.1. The predicted octanol–water partition coefficient (Wildman–Crippen LogP) is 4.29. The van der Waals surface area contributed by atoms with Gasteiger partial charge in [0.15, 0.2) is 9.84 Å². The molecule has 0 aliphatic heterocycles. The number of fused-ring (bicyclic) bond motifs is 3. The highest BCUT2D eigenvalue weighted by Crippen LogP contribution is 2.56. The number of benzene rings is 1. The molecule has 1 atom stereocenters. The molecule has 0 spiro atoms. The average Bonchev–Trinajstić information content (AvgIpc) is 2.48. The number of sulfone groups is 1. The van der Waals surface area contributed by atoms with Crippen molar-refractivity contribution in [2.24, 2.45) is 11.8 Å². The quantitative estimate of drug-likeness (QED) is 0.778. The highest BCUT2D eigenvalue weighted by atomic mass is 32.2. The minimum absolute atomic E-state index is 0.374. The van der Waals surface area contributed by atoms with Crippen LogP contribution < -0.4 is 0 Å². The Labute approximate surface area is 129 Å². The summed E-state index contributed by atoms with van der Waals surface area (Å²) in [6.07, 6.45) is 5.61. The van der Waals surface area contributed by atoms with Crippen LogP contribution in [-0.2, 0) is 9.84 Å². The second kappa shape index (κ2) is 4.95. The zero-order chi connectivity index (χ0) is 15.3. The summed E-state index contributed by atoms with van der Waals surface area (Å²) in [5.41, 5.74) is 0. The van der Waals surface area contributed by atoms with Gasteiger partial charge >= 0.3 is 0 Å². The van der Waals surface area contributed by atoms with Crippen LogP contribution in [0.3, 0.4) is 0 Å². The van der Waals surface area contributed by atoms with Gasteiger partial charge in [-0.05, 0) is 43.2 Å². The zero-order valence-corrected chi connectivity index (χ0v) is 15.1. The smallest absolute Gasteiger partial charge is 0.181 e. The van der Waals surface area contributed by atoms with Crippen LogP contribution >= 0.6 is 0 Å². The lowest BCUT2D eigenvalue weighted by atomic mass is 9.70. The Balaban J connectivity index is 2.18. The Hall–Kier alpha value is -0.613. The standard InChI is InChI=1S/C17H26O2SSi/c1-21(2,3)17(13-14-9-11-15(17)12-10-14)20(18,19)16-7-5-4-6-8-16/h4-8,14-15H,9-13H2,1-3H3. The number of rotatable bonds is 3. The van der Waals surface area contributed by atoms with E-state index in [9.17, 15) is 8.42 Å². The lowest BCUT2D eigenvalue weighted by Gasteiger charge is -2.56. The van der Waals surface area contributed by atoms with Crippen molar-refractivity contribution in [1.82, 2.24) is 0 Å². The first-order valence-electron chi connectivity index (χ1n) is 8.09. The van der Waals surface area contributed by atoms with Crippen LogP contribution in [0.2, 0.25) is 19.6 Å². The van der Waals surface area contributed by atoms with Gasteiger partial charge in [-0.3, -0.25) is 0 Å². The lowest BCUT2D eigenvalue weighted by molar-refractivity contribution is 0.154. The van der Waals surface area contributed by atoms with Gasteiger partial charge in [-0.25, -0.2) is 8.42 Å². The molecule has 3 aliphatic rings. The van der Waals surface area contributed by atoms with Crippen molar-refractivity contribution in [3.05, 3.63) is 30.3 Å². The molecular weight excluding hydrogens is 296 g/mol. The minimum Gasteiger partial charge on any atom is -0.223 e. The van der Waals surface area contributed by atoms with Crippen LogP contribution in [0.5, 0.6) is 0 Å². The van der Waals surface area contributed by atoms with E-state index in [-0.39, 0.29) is 0 Å². The largest absolute Gasteiger partial charge is 0.223 e. The van der Waals surface area contributed by atoms with Gasteiger partial charge in [-0.1, -0.05) is 50.7 Å². The molecule has 1 aromatic carbocycles. The Morgan fingerprint density at radius 2 is 1.57 bits per heavy atom. The SMILES string of the molecule is C[Si](C)(C)C1(S(=O)(=O)c2ccccc2)CC2CCC1CC2. The molecular formula is C17H26O2SSi. The van der Waals surface area contributed by atoms with Crippen molar-refractivity contribution in [2.75, 3.05) is 0 Å². The van der Waals surface area contributed by atoms with Crippen molar-refractivity contribution in [3.8, 4) is 0 Å². The Kier molecular flexibility index (Phi) is 3.60. The molecule has 2 nitrogen and oxygen atoms in total. The summed E-state index contributed by atoms with van der Waals surface area (Å²) in [6, 6.07) is 9.18. The molecule has 0 radical (unpaired) electrons. The normalized spacial score (nSPS) is 33.1. The van der Waals surface area contributed by atoms with Crippen molar-refractivity contribution >= 4 is 17.9 Å². The van der Waals surface area contributed by atoms with Crippen LogP contribution in [-0.4, -0.2) is 20.9 Å². The van der Waals surface area contributed by atoms with E-state index in [2.05, 4.69) is 19.6 Å². The summed E-state index contributed by atoms with van der Waals surface area (Å²) in [6.45, 7) is 6.77. The monoisotopic (exact) mass is 322 g/mol. The van der Waals surface area contributed by atoms with Crippen LogP contribution in [0, 0.1) is 11.8 Å². The van der Waals surface area contributed by atoms with Gasteiger partial charge < -0.3 is 0 Å². The first kappa shape index (κ1) is 15.3. The molecule has 116 valence electrons. The topological polar surface area (TPSA) is 34.1 Å². The zero-order valence-electron chi connectivity index (χ0n) is 13.3. The molecule has 21 heavy (non-hydrogen) atoms. The fourth-order valence-electron chi connectivity index (χ4n) is 4.89. The third-order valence-electron chi connectivity index (χ3n) is 5.90. The molecule has 2 bridgehead atoms.